The summed E-state index contributed by atoms with van der Waals surface area (Å²) in [5, 5.41) is 5.62. The summed E-state index contributed by atoms with van der Waals surface area (Å²) < 4.78 is 10.1. The molecule has 0 heterocycles. The molecule has 0 radical (unpaired) electrons. The molecule has 2 amide bonds. The van der Waals surface area contributed by atoms with Gasteiger partial charge >= 0.3 is 5.97 Å². The second-order valence-corrected chi connectivity index (χ2v) is 7.05. The molecule has 3 aromatic rings. The van der Waals surface area contributed by atoms with Gasteiger partial charge in [-0.2, -0.15) is 0 Å². The monoisotopic (exact) mass is 432 g/mol. The first kappa shape index (κ1) is 22.6. The van der Waals surface area contributed by atoms with Crippen molar-refractivity contribution >= 4 is 29.2 Å². The summed E-state index contributed by atoms with van der Waals surface area (Å²) in [5.41, 5.74) is 2.63. The Morgan fingerprint density at radius 3 is 2.09 bits per heavy atom. The molecule has 3 rings (SSSR count). The van der Waals surface area contributed by atoms with Crippen molar-refractivity contribution < 1.29 is 23.9 Å². The number of carbonyl (C=O) groups excluding carboxylic acids is 3. The van der Waals surface area contributed by atoms with Crippen LogP contribution in [0.2, 0.25) is 0 Å². The highest BCUT2D eigenvalue weighted by Crippen LogP contribution is 2.18. The number of anilines is 2. The number of ether oxygens (including phenoxy) is 2. The predicted molar refractivity (Wildman–Crippen MR) is 122 cm³/mol. The molecule has 0 aromatic heterocycles. The number of hydrogen-bond donors (Lipinski definition) is 2. The van der Waals surface area contributed by atoms with Crippen LogP contribution in [0.1, 0.15) is 29.3 Å². The molecule has 7 nitrogen and oxygen atoms in total. The molecule has 0 saturated heterocycles. The van der Waals surface area contributed by atoms with Crippen LogP contribution in [0.3, 0.4) is 0 Å². The van der Waals surface area contributed by atoms with Gasteiger partial charge in [-0.3, -0.25) is 14.4 Å². The van der Waals surface area contributed by atoms with Gasteiger partial charge in [0.1, 0.15) is 11.5 Å². The third-order valence-corrected chi connectivity index (χ3v) is 4.58. The van der Waals surface area contributed by atoms with Gasteiger partial charge in [0.25, 0.3) is 5.91 Å². The van der Waals surface area contributed by atoms with Gasteiger partial charge in [-0.05, 0) is 66.6 Å². The standard InChI is InChI=1S/C25H24N2O5/c1-17(28)32-23-5-3-4-19(16-23)25(30)27-21-11-9-20(10-12-21)26-24(29)15-8-18-6-13-22(31-2)14-7-18/h3-7,9-14,16H,8,15H2,1-2H3,(H,26,29)(H,27,30). The lowest BCUT2D eigenvalue weighted by Crippen LogP contribution is -2.13. The Bertz CT molecular complexity index is 1090. The number of methoxy groups -OCH3 is 1. The van der Waals surface area contributed by atoms with E-state index < -0.39 is 5.97 Å². The molecule has 0 bridgehead atoms. The van der Waals surface area contributed by atoms with Gasteiger partial charge in [0, 0.05) is 30.3 Å². The minimum atomic E-state index is -0.454. The minimum Gasteiger partial charge on any atom is -0.497 e. The lowest BCUT2D eigenvalue weighted by atomic mass is 10.1. The summed E-state index contributed by atoms with van der Waals surface area (Å²) in [5.74, 6) is 0.194. The fraction of sp³-hybridized carbons (Fsp3) is 0.160. The highest BCUT2D eigenvalue weighted by molar-refractivity contribution is 6.04. The van der Waals surface area contributed by atoms with Crippen molar-refractivity contribution in [3.8, 4) is 11.5 Å². The molecule has 0 unspecified atom stereocenters. The Morgan fingerprint density at radius 1 is 0.812 bits per heavy atom. The average Bonchev–Trinajstić information content (AvgIpc) is 2.79. The van der Waals surface area contributed by atoms with Crippen LogP contribution in [0, 0.1) is 0 Å². The first-order chi connectivity index (χ1) is 15.4. The van der Waals surface area contributed by atoms with E-state index in [-0.39, 0.29) is 11.8 Å². The molecule has 0 aliphatic rings. The number of amides is 2. The van der Waals surface area contributed by atoms with E-state index >= 15 is 0 Å². The van der Waals surface area contributed by atoms with Crippen molar-refractivity contribution in [2.75, 3.05) is 17.7 Å². The molecule has 2 N–H and O–H groups in total. The zero-order valence-electron chi connectivity index (χ0n) is 17.9. The van der Waals surface area contributed by atoms with Crippen LogP contribution >= 0.6 is 0 Å². The zero-order valence-corrected chi connectivity index (χ0v) is 17.9. The lowest BCUT2D eigenvalue weighted by Gasteiger charge is -2.09. The Hall–Kier alpha value is -4.13. The number of carbonyl (C=O) groups is 3. The molecule has 164 valence electrons. The summed E-state index contributed by atoms with van der Waals surface area (Å²) in [6, 6.07) is 20.8. The maximum absolute atomic E-state index is 12.4. The van der Waals surface area contributed by atoms with E-state index in [1.165, 1.54) is 13.0 Å². The molecule has 3 aromatic carbocycles. The van der Waals surface area contributed by atoms with Crippen LogP contribution in [0.4, 0.5) is 11.4 Å². The van der Waals surface area contributed by atoms with Gasteiger partial charge in [-0.25, -0.2) is 0 Å². The van der Waals surface area contributed by atoms with Crippen molar-refractivity contribution in [1.29, 1.82) is 0 Å². The fourth-order valence-electron chi connectivity index (χ4n) is 2.98. The quantitative estimate of drug-likeness (QED) is 0.405. The second-order valence-electron chi connectivity index (χ2n) is 7.05. The topological polar surface area (TPSA) is 93.7 Å². The maximum atomic E-state index is 12.4. The van der Waals surface area contributed by atoms with Crippen molar-refractivity contribution in [3.05, 3.63) is 83.9 Å². The van der Waals surface area contributed by atoms with E-state index in [1.54, 1.807) is 49.6 Å². The highest BCUT2D eigenvalue weighted by atomic mass is 16.5. The molecule has 0 aliphatic carbocycles. The lowest BCUT2D eigenvalue weighted by molar-refractivity contribution is -0.131. The summed E-state index contributed by atoms with van der Waals surface area (Å²) >= 11 is 0. The van der Waals surface area contributed by atoms with E-state index in [4.69, 9.17) is 9.47 Å². The molecule has 0 saturated carbocycles. The van der Waals surface area contributed by atoms with E-state index in [9.17, 15) is 14.4 Å². The molecule has 0 fully saturated rings. The first-order valence-corrected chi connectivity index (χ1v) is 10.1. The number of esters is 1. The van der Waals surface area contributed by atoms with E-state index in [0.29, 0.717) is 35.5 Å². The second kappa shape index (κ2) is 10.8. The van der Waals surface area contributed by atoms with Crippen molar-refractivity contribution in [3.63, 3.8) is 0 Å². The molecule has 32 heavy (non-hydrogen) atoms. The maximum Gasteiger partial charge on any atom is 0.308 e. The fourth-order valence-corrected chi connectivity index (χ4v) is 2.98. The molecule has 0 spiro atoms. The van der Waals surface area contributed by atoms with Gasteiger partial charge in [-0.15, -0.1) is 0 Å². The van der Waals surface area contributed by atoms with Crippen LogP contribution in [-0.2, 0) is 16.0 Å². The average molecular weight is 432 g/mol. The molecule has 7 heteroatoms. The number of rotatable bonds is 8. The SMILES string of the molecule is COc1ccc(CCC(=O)Nc2ccc(NC(=O)c3cccc(OC(C)=O)c3)cc2)cc1. The van der Waals surface area contributed by atoms with Crippen LogP contribution < -0.4 is 20.1 Å². The zero-order chi connectivity index (χ0) is 22.9. The van der Waals surface area contributed by atoms with Gasteiger partial charge in [0.2, 0.25) is 5.91 Å². The third kappa shape index (κ3) is 6.70. The Labute approximate surface area is 186 Å². The normalized spacial score (nSPS) is 10.2. The highest BCUT2D eigenvalue weighted by Gasteiger charge is 2.09. The van der Waals surface area contributed by atoms with Gasteiger partial charge in [-0.1, -0.05) is 18.2 Å². The Balaban J connectivity index is 1.51. The molecule has 0 atom stereocenters. The van der Waals surface area contributed by atoms with Crippen molar-refractivity contribution in [2.24, 2.45) is 0 Å². The van der Waals surface area contributed by atoms with Crippen LogP contribution in [0.25, 0.3) is 0 Å². The van der Waals surface area contributed by atoms with Gasteiger partial charge in [0.15, 0.2) is 0 Å². The van der Waals surface area contributed by atoms with Crippen LogP contribution in [0.15, 0.2) is 72.8 Å². The van der Waals surface area contributed by atoms with E-state index in [0.717, 1.165) is 11.3 Å². The smallest absolute Gasteiger partial charge is 0.308 e. The summed E-state index contributed by atoms with van der Waals surface area (Å²) in [4.78, 5) is 35.7. The third-order valence-electron chi connectivity index (χ3n) is 4.58. The van der Waals surface area contributed by atoms with Gasteiger partial charge < -0.3 is 20.1 Å². The van der Waals surface area contributed by atoms with E-state index in [1.807, 2.05) is 24.3 Å². The van der Waals surface area contributed by atoms with Crippen LogP contribution in [-0.4, -0.2) is 24.9 Å². The largest absolute Gasteiger partial charge is 0.497 e. The predicted octanol–water partition coefficient (Wildman–Crippen LogP) is 4.44. The Morgan fingerprint density at radius 2 is 1.47 bits per heavy atom. The van der Waals surface area contributed by atoms with Crippen molar-refractivity contribution in [2.45, 2.75) is 19.8 Å². The molecule has 0 aliphatic heterocycles. The van der Waals surface area contributed by atoms with Crippen molar-refractivity contribution in [1.82, 2.24) is 0 Å². The Kier molecular flexibility index (Phi) is 7.59. The number of nitrogens with one attached hydrogen (secondary N) is 2. The van der Waals surface area contributed by atoms with Gasteiger partial charge in [0.05, 0.1) is 7.11 Å². The first-order valence-electron chi connectivity index (χ1n) is 10.1. The molecular formula is C25H24N2O5. The minimum absolute atomic E-state index is 0.0973. The summed E-state index contributed by atoms with van der Waals surface area (Å²) in [6.45, 7) is 1.30. The number of benzene rings is 3. The molecular weight excluding hydrogens is 408 g/mol. The summed E-state index contributed by atoms with van der Waals surface area (Å²) in [7, 11) is 1.61. The van der Waals surface area contributed by atoms with Crippen LogP contribution in [0.5, 0.6) is 11.5 Å². The van der Waals surface area contributed by atoms with E-state index in [2.05, 4.69) is 10.6 Å². The summed E-state index contributed by atoms with van der Waals surface area (Å²) in [6.07, 6.45) is 0.972. The number of hydrogen-bond acceptors (Lipinski definition) is 5. The number of aryl methyl sites for hydroxylation is 1.